The van der Waals surface area contributed by atoms with Gasteiger partial charge in [-0.15, -0.1) is 22.7 Å². The Kier molecular flexibility index (Phi) is 4.48. The Morgan fingerprint density at radius 1 is 1.32 bits per heavy atom. The van der Waals surface area contributed by atoms with E-state index in [1.807, 2.05) is 13.8 Å². The molecular formula is C19H20N2O2S2. The van der Waals surface area contributed by atoms with Crippen LogP contribution in [0.4, 0.5) is 0 Å². The van der Waals surface area contributed by atoms with Crippen LogP contribution in [0.2, 0.25) is 0 Å². The van der Waals surface area contributed by atoms with Gasteiger partial charge in [0.15, 0.2) is 0 Å². The molecule has 0 spiro atoms. The summed E-state index contributed by atoms with van der Waals surface area (Å²) in [6.45, 7) is 4.63. The molecule has 0 saturated heterocycles. The Labute approximate surface area is 155 Å². The maximum atomic E-state index is 13.0. The van der Waals surface area contributed by atoms with Crippen molar-refractivity contribution in [2.24, 2.45) is 0 Å². The fourth-order valence-electron chi connectivity index (χ4n) is 3.57. The van der Waals surface area contributed by atoms with Crippen LogP contribution >= 0.6 is 22.7 Å². The highest BCUT2D eigenvalue weighted by atomic mass is 32.1. The number of carbonyl (C=O) groups excluding carboxylic acids is 1. The molecule has 0 unspecified atom stereocenters. The minimum absolute atomic E-state index is 0.0622. The van der Waals surface area contributed by atoms with E-state index in [4.69, 9.17) is 4.52 Å². The lowest BCUT2D eigenvalue weighted by Gasteiger charge is -2.35. The van der Waals surface area contributed by atoms with Gasteiger partial charge in [0.1, 0.15) is 5.76 Å². The maximum absolute atomic E-state index is 13.0. The van der Waals surface area contributed by atoms with Gasteiger partial charge in [0.2, 0.25) is 5.91 Å². The van der Waals surface area contributed by atoms with E-state index in [2.05, 4.69) is 39.0 Å². The largest absolute Gasteiger partial charge is 0.361 e. The number of aryl methyl sites for hydroxylation is 2. The lowest BCUT2D eigenvalue weighted by molar-refractivity contribution is -0.133. The van der Waals surface area contributed by atoms with Crippen molar-refractivity contribution in [1.82, 2.24) is 10.1 Å². The van der Waals surface area contributed by atoms with Crippen LogP contribution in [0.15, 0.2) is 33.5 Å². The second kappa shape index (κ2) is 6.77. The molecular weight excluding hydrogens is 352 g/mol. The number of hydrogen-bond acceptors (Lipinski definition) is 5. The van der Waals surface area contributed by atoms with Crippen molar-refractivity contribution in [2.75, 3.05) is 6.54 Å². The molecule has 1 aliphatic rings. The van der Waals surface area contributed by atoms with Crippen LogP contribution in [0.1, 0.15) is 44.8 Å². The van der Waals surface area contributed by atoms with Gasteiger partial charge in [0.05, 0.1) is 11.7 Å². The number of aromatic nitrogens is 1. The number of carbonyl (C=O) groups is 1. The number of nitrogens with zero attached hydrogens (tertiary/aromatic N) is 2. The van der Waals surface area contributed by atoms with Crippen LogP contribution < -0.4 is 0 Å². The Balaban J connectivity index is 1.57. The molecule has 3 aromatic heterocycles. The SMILES string of the molecule is Cc1noc(C)c1CCC(=O)N1CCc2sccc2[C@H]1c1cccs1. The fourth-order valence-corrected chi connectivity index (χ4v) is 5.33. The second-order valence-electron chi connectivity index (χ2n) is 6.36. The third-order valence-electron chi connectivity index (χ3n) is 4.87. The van der Waals surface area contributed by atoms with E-state index < -0.39 is 0 Å². The van der Waals surface area contributed by atoms with E-state index in [9.17, 15) is 4.79 Å². The summed E-state index contributed by atoms with van der Waals surface area (Å²) in [5.74, 6) is 1.02. The predicted molar refractivity (Wildman–Crippen MR) is 100 cm³/mol. The number of fused-ring (bicyclic) bond motifs is 1. The number of rotatable bonds is 4. The average Bonchev–Trinajstić information content (AvgIpc) is 3.34. The molecule has 1 atom stereocenters. The standard InChI is InChI=1S/C19H20N2O2S2/c1-12-14(13(2)23-20-12)5-6-18(22)21-9-7-16-15(8-11-25-16)19(21)17-4-3-10-24-17/h3-4,8,10-11,19H,5-7,9H2,1-2H3/t19-/m0/s1. The first-order valence-corrected chi connectivity index (χ1v) is 10.2. The second-order valence-corrected chi connectivity index (χ2v) is 8.34. The molecule has 4 rings (SSSR count). The molecule has 0 fully saturated rings. The highest BCUT2D eigenvalue weighted by molar-refractivity contribution is 7.10. The van der Waals surface area contributed by atoms with E-state index in [0.29, 0.717) is 12.8 Å². The van der Waals surface area contributed by atoms with Crippen molar-refractivity contribution in [1.29, 1.82) is 0 Å². The summed E-state index contributed by atoms with van der Waals surface area (Å²) in [6, 6.07) is 6.44. The molecule has 1 aliphatic heterocycles. The van der Waals surface area contributed by atoms with Crippen LogP contribution in [0.25, 0.3) is 0 Å². The Morgan fingerprint density at radius 3 is 2.92 bits per heavy atom. The third-order valence-corrected chi connectivity index (χ3v) is 6.79. The fraction of sp³-hybridized carbons (Fsp3) is 0.368. The van der Waals surface area contributed by atoms with Crippen molar-refractivity contribution < 1.29 is 9.32 Å². The van der Waals surface area contributed by atoms with Gasteiger partial charge in [-0.1, -0.05) is 11.2 Å². The molecule has 3 aromatic rings. The van der Waals surface area contributed by atoms with Crippen LogP contribution in [0, 0.1) is 13.8 Å². The molecule has 0 aromatic carbocycles. The number of thiophene rings is 2. The predicted octanol–water partition coefficient (Wildman–Crippen LogP) is 4.52. The zero-order valence-electron chi connectivity index (χ0n) is 14.3. The summed E-state index contributed by atoms with van der Waals surface area (Å²) in [7, 11) is 0. The maximum Gasteiger partial charge on any atom is 0.223 e. The summed E-state index contributed by atoms with van der Waals surface area (Å²) in [5, 5.41) is 8.22. The van der Waals surface area contributed by atoms with Gasteiger partial charge in [-0.25, -0.2) is 0 Å². The van der Waals surface area contributed by atoms with Crippen molar-refractivity contribution in [3.8, 4) is 0 Å². The van der Waals surface area contributed by atoms with Gasteiger partial charge in [-0.2, -0.15) is 0 Å². The monoisotopic (exact) mass is 372 g/mol. The summed E-state index contributed by atoms with van der Waals surface area (Å²) >= 11 is 3.53. The highest BCUT2D eigenvalue weighted by Crippen LogP contribution is 2.39. The highest BCUT2D eigenvalue weighted by Gasteiger charge is 2.33. The Bertz CT molecular complexity index is 860. The number of amides is 1. The molecule has 6 heteroatoms. The first kappa shape index (κ1) is 16.5. The molecule has 1 amide bonds. The summed E-state index contributed by atoms with van der Waals surface area (Å²) in [4.78, 5) is 17.7. The topological polar surface area (TPSA) is 46.3 Å². The van der Waals surface area contributed by atoms with Gasteiger partial charge in [0.25, 0.3) is 0 Å². The molecule has 4 heterocycles. The molecule has 0 saturated carbocycles. The quantitative estimate of drug-likeness (QED) is 0.676. The summed E-state index contributed by atoms with van der Waals surface area (Å²) in [6.07, 6.45) is 2.13. The van der Waals surface area contributed by atoms with E-state index in [1.165, 1.54) is 15.3 Å². The molecule has 0 aliphatic carbocycles. The van der Waals surface area contributed by atoms with Crippen LogP contribution in [0.5, 0.6) is 0 Å². The normalized spacial score (nSPS) is 16.9. The average molecular weight is 373 g/mol. The first-order valence-electron chi connectivity index (χ1n) is 8.46. The zero-order valence-corrected chi connectivity index (χ0v) is 16.0. The zero-order chi connectivity index (χ0) is 17.4. The lowest BCUT2D eigenvalue weighted by atomic mass is 9.97. The minimum Gasteiger partial charge on any atom is -0.361 e. The minimum atomic E-state index is 0.0622. The first-order chi connectivity index (χ1) is 12.1. The molecule has 130 valence electrons. The third kappa shape index (κ3) is 3.04. The smallest absolute Gasteiger partial charge is 0.223 e. The van der Waals surface area contributed by atoms with Crippen molar-refractivity contribution in [3.63, 3.8) is 0 Å². The van der Waals surface area contributed by atoms with E-state index in [0.717, 1.165) is 30.0 Å². The summed E-state index contributed by atoms with van der Waals surface area (Å²) in [5.41, 5.74) is 3.25. The van der Waals surface area contributed by atoms with Gasteiger partial charge in [-0.3, -0.25) is 4.79 Å². The molecule has 0 N–H and O–H groups in total. The van der Waals surface area contributed by atoms with Gasteiger partial charge < -0.3 is 9.42 Å². The molecule has 4 nitrogen and oxygen atoms in total. The Hall–Kier alpha value is -1.92. The molecule has 25 heavy (non-hydrogen) atoms. The van der Waals surface area contributed by atoms with Gasteiger partial charge in [0, 0.05) is 28.3 Å². The summed E-state index contributed by atoms with van der Waals surface area (Å²) < 4.78 is 5.22. The van der Waals surface area contributed by atoms with Crippen molar-refractivity contribution in [3.05, 3.63) is 61.3 Å². The molecule has 0 bridgehead atoms. The van der Waals surface area contributed by atoms with E-state index in [1.54, 1.807) is 22.7 Å². The van der Waals surface area contributed by atoms with E-state index in [-0.39, 0.29) is 11.9 Å². The van der Waals surface area contributed by atoms with Gasteiger partial charge >= 0.3 is 0 Å². The van der Waals surface area contributed by atoms with Gasteiger partial charge in [-0.05, 0) is 55.1 Å². The van der Waals surface area contributed by atoms with Crippen LogP contribution in [-0.4, -0.2) is 22.5 Å². The van der Waals surface area contributed by atoms with Crippen LogP contribution in [-0.2, 0) is 17.6 Å². The van der Waals surface area contributed by atoms with Crippen molar-refractivity contribution >= 4 is 28.6 Å². The Morgan fingerprint density at radius 2 is 2.20 bits per heavy atom. The number of hydrogen-bond donors (Lipinski definition) is 0. The van der Waals surface area contributed by atoms with Crippen molar-refractivity contribution in [2.45, 2.75) is 39.2 Å². The van der Waals surface area contributed by atoms with Crippen LogP contribution in [0.3, 0.4) is 0 Å². The van der Waals surface area contributed by atoms with E-state index >= 15 is 0 Å². The lowest BCUT2D eigenvalue weighted by Crippen LogP contribution is -2.39. The molecule has 0 radical (unpaired) electrons.